The Balaban J connectivity index is 3.14. The molecule has 21 heavy (non-hydrogen) atoms. The number of oxime groups is 1. The van der Waals surface area contributed by atoms with Gasteiger partial charge in [0.25, 0.3) is 5.91 Å². The van der Waals surface area contributed by atoms with Gasteiger partial charge >= 0.3 is 0 Å². The van der Waals surface area contributed by atoms with Gasteiger partial charge in [-0.25, -0.2) is 0 Å². The summed E-state index contributed by atoms with van der Waals surface area (Å²) in [4.78, 5) is 14.1. The molecular formula is C14H21N3O4. The van der Waals surface area contributed by atoms with Gasteiger partial charge in [0.2, 0.25) is 0 Å². The number of hydrogen-bond donors (Lipinski definition) is 2. The molecule has 0 aromatic heterocycles. The first-order chi connectivity index (χ1) is 10.1. The van der Waals surface area contributed by atoms with Gasteiger partial charge in [-0.2, -0.15) is 0 Å². The number of nitrogens with zero attached hydrogens (tertiary/aromatic N) is 2. The molecule has 1 aromatic carbocycles. The van der Waals surface area contributed by atoms with E-state index in [-0.39, 0.29) is 18.3 Å². The Morgan fingerprint density at radius 1 is 1.38 bits per heavy atom. The number of rotatable bonds is 7. The second kappa shape index (κ2) is 7.98. The molecule has 0 bridgehead atoms. The molecule has 7 heteroatoms. The van der Waals surface area contributed by atoms with E-state index in [4.69, 9.17) is 20.4 Å². The van der Waals surface area contributed by atoms with Crippen LogP contribution in [0.15, 0.2) is 23.4 Å². The van der Waals surface area contributed by atoms with Crippen molar-refractivity contribution in [2.45, 2.75) is 13.3 Å². The number of amides is 1. The zero-order valence-electron chi connectivity index (χ0n) is 12.5. The van der Waals surface area contributed by atoms with E-state index in [0.717, 1.165) is 6.42 Å². The molecule has 116 valence electrons. The first-order valence-electron chi connectivity index (χ1n) is 6.55. The zero-order valence-corrected chi connectivity index (χ0v) is 12.5. The van der Waals surface area contributed by atoms with Crippen molar-refractivity contribution < 1.29 is 19.5 Å². The third-order valence-electron chi connectivity index (χ3n) is 2.90. The van der Waals surface area contributed by atoms with Crippen LogP contribution in [0.2, 0.25) is 0 Å². The number of nitrogens with two attached hydrogens (primary N) is 1. The van der Waals surface area contributed by atoms with Crippen LogP contribution in [0.5, 0.6) is 11.5 Å². The minimum atomic E-state index is -0.265. The highest BCUT2D eigenvalue weighted by molar-refractivity contribution is 5.99. The Bertz CT molecular complexity index is 517. The van der Waals surface area contributed by atoms with Crippen molar-refractivity contribution in [2.24, 2.45) is 10.9 Å². The molecule has 0 unspecified atom stereocenters. The predicted octanol–water partition coefficient (Wildman–Crippen LogP) is 1.30. The summed E-state index contributed by atoms with van der Waals surface area (Å²) < 4.78 is 10.4. The van der Waals surface area contributed by atoms with Crippen molar-refractivity contribution in [3.63, 3.8) is 0 Å². The van der Waals surface area contributed by atoms with Crippen LogP contribution in [0.3, 0.4) is 0 Å². The van der Waals surface area contributed by atoms with Crippen LogP contribution in [0.1, 0.15) is 23.7 Å². The van der Waals surface area contributed by atoms with E-state index in [2.05, 4.69) is 5.16 Å². The summed E-state index contributed by atoms with van der Waals surface area (Å²) >= 11 is 0. The highest BCUT2D eigenvalue weighted by Crippen LogP contribution is 2.31. The Kier molecular flexibility index (Phi) is 6.32. The zero-order chi connectivity index (χ0) is 15.8. The molecule has 0 heterocycles. The van der Waals surface area contributed by atoms with Crippen LogP contribution in [-0.4, -0.2) is 49.2 Å². The number of benzene rings is 1. The lowest BCUT2D eigenvalue weighted by Gasteiger charge is -2.22. The first kappa shape index (κ1) is 16.6. The SMILES string of the molecule is CCCN(CC(N)=NO)C(=O)c1cccc(OC)c1OC. The largest absolute Gasteiger partial charge is 0.493 e. The quantitative estimate of drug-likeness (QED) is 0.342. The lowest BCUT2D eigenvalue weighted by atomic mass is 10.1. The molecule has 0 spiro atoms. The van der Waals surface area contributed by atoms with Gasteiger partial charge < -0.3 is 25.3 Å². The van der Waals surface area contributed by atoms with E-state index in [1.807, 2.05) is 6.92 Å². The lowest BCUT2D eigenvalue weighted by Crippen LogP contribution is -2.39. The van der Waals surface area contributed by atoms with Crippen molar-refractivity contribution in [3.05, 3.63) is 23.8 Å². The van der Waals surface area contributed by atoms with Gasteiger partial charge in [-0.1, -0.05) is 18.1 Å². The molecule has 0 fully saturated rings. The van der Waals surface area contributed by atoms with Gasteiger partial charge in [0.05, 0.1) is 26.3 Å². The van der Waals surface area contributed by atoms with Crippen LogP contribution in [0, 0.1) is 0 Å². The number of carbonyl (C=O) groups excluding carboxylic acids is 1. The summed E-state index contributed by atoms with van der Waals surface area (Å²) in [5, 5.41) is 11.6. The molecule has 1 amide bonds. The highest BCUT2D eigenvalue weighted by Gasteiger charge is 2.22. The summed E-state index contributed by atoms with van der Waals surface area (Å²) in [7, 11) is 2.98. The predicted molar refractivity (Wildman–Crippen MR) is 79.1 cm³/mol. The number of ether oxygens (including phenoxy) is 2. The van der Waals surface area contributed by atoms with Crippen molar-refractivity contribution in [1.82, 2.24) is 4.90 Å². The number of hydrogen-bond acceptors (Lipinski definition) is 5. The average Bonchev–Trinajstić information content (AvgIpc) is 2.52. The maximum Gasteiger partial charge on any atom is 0.258 e. The number of para-hydroxylation sites is 1. The Labute approximate surface area is 123 Å². The third-order valence-corrected chi connectivity index (χ3v) is 2.90. The molecule has 0 saturated heterocycles. The second-order valence-electron chi connectivity index (χ2n) is 4.36. The molecule has 1 rings (SSSR count). The summed E-state index contributed by atoms with van der Waals surface area (Å²) in [5.41, 5.74) is 5.87. The van der Waals surface area contributed by atoms with Crippen molar-refractivity contribution in [2.75, 3.05) is 27.3 Å². The van der Waals surface area contributed by atoms with Crippen molar-refractivity contribution in [1.29, 1.82) is 0 Å². The molecule has 0 atom stereocenters. The fourth-order valence-corrected chi connectivity index (χ4v) is 1.98. The van der Waals surface area contributed by atoms with E-state index in [0.29, 0.717) is 23.6 Å². The maximum absolute atomic E-state index is 12.6. The summed E-state index contributed by atoms with van der Waals surface area (Å²) in [6.45, 7) is 2.47. The minimum absolute atomic E-state index is 0.0290. The minimum Gasteiger partial charge on any atom is -0.493 e. The Hall–Kier alpha value is -2.44. The third kappa shape index (κ3) is 4.01. The fourth-order valence-electron chi connectivity index (χ4n) is 1.98. The van der Waals surface area contributed by atoms with Crippen LogP contribution in [0.4, 0.5) is 0 Å². The Morgan fingerprint density at radius 3 is 2.62 bits per heavy atom. The lowest BCUT2D eigenvalue weighted by molar-refractivity contribution is 0.0774. The monoisotopic (exact) mass is 295 g/mol. The van der Waals surface area contributed by atoms with E-state index >= 15 is 0 Å². The van der Waals surface area contributed by atoms with E-state index in [1.54, 1.807) is 18.2 Å². The van der Waals surface area contributed by atoms with Gasteiger partial charge in [-0.3, -0.25) is 4.79 Å². The summed E-state index contributed by atoms with van der Waals surface area (Å²) in [5.74, 6) is 0.548. The van der Waals surface area contributed by atoms with Gasteiger partial charge in [0.15, 0.2) is 17.3 Å². The fraction of sp³-hybridized carbons (Fsp3) is 0.429. The molecule has 0 saturated carbocycles. The Morgan fingerprint density at radius 2 is 2.10 bits per heavy atom. The smallest absolute Gasteiger partial charge is 0.258 e. The topological polar surface area (TPSA) is 97.4 Å². The van der Waals surface area contributed by atoms with Crippen LogP contribution >= 0.6 is 0 Å². The maximum atomic E-state index is 12.6. The molecule has 7 nitrogen and oxygen atoms in total. The number of carbonyl (C=O) groups is 1. The van der Waals surface area contributed by atoms with Gasteiger partial charge in [0.1, 0.15) is 0 Å². The molecule has 0 radical (unpaired) electrons. The van der Waals surface area contributed by atoms with E-state index < -0.39 is 0 Å². The molecule has 3 N–H and O–H groups in total. The average molecular weight is 295 g/mol. The number of amidine groups is 1. The van der Waals surface area contributed by atoms with Gasteiger partial charge in [-0.15, -0.1) is 0 Å². The van der Waals surface area contributed by atoms with Crippen molar-refractivity contribution in [3.8, 4) is 11.5 Å². The van der Waals surface area contributed by atoms with Gasteiger partial charge in [-0.05, 0) is 18.6 Å². The van der Waals surface area contributed by atoms with Crippen LogP contribution in [-0.2, 0) is 0 Å². The first-order valence-corrected chi connectivity index (χ1v) is 6.55. The normalized spacial score (nSPS) is 11.1. The number of methoxy groups -OCH3 is 2. The molecule has 1 aromatic rings. The molecule has 0 aliphatic carbocycles. The highest BCUT2D eigenvalue weighted by atomic mass is 16.5. The van der Waals surface area contributed by atoms with Crippen molar-refractivity contribution >= 4 is 11.7 Å². The molecule has 0 aliphatic heterocycles. The van der Waals surface area contributed by atoms with Gasteiger partial charge in [0, 0.05) is 6.54 Å². The van der Waals surface area contributed by atoms with Crippen LogP contribution in [0.25, 0.3) is 0 Å². The summed E-state index contributed by atoms with van der Waals surface area (Å²) in [6, 6.07) is 5.07. The summed E-state index contributed by atoms with van der Waals surface area (Å²) in [6.07, 6.45) is 0.747. The standard InChI is InChI=1S/C14H21N3O4/c1-4-8-17(9-12(15)16-19)14(18)10-6-5-7-11(20-2)13(10)21-3/h5-7,19H,4,8-9H2,1-3H3,(H2,15,16). The van der Waals surface area contributed by atoms with E-state index in [9.17, 15) is 4.79 Å². The van der Waals surface area contributed by atoms with E-state index in [1.165, 1.54) is 19.1 Å². The second-order valence-corrected chi connectivity index (χ2v) is 4.36. The molecule has 0 aliphatic rings. The molecular weight excluding hydrogens is 274 g/mol. The van der Waals surface area contributed by atoms with Crippen LogP contribution < -0.4 is 15.2 Å².